The van der Waals surface area contributed by atoms with Crippen molar-refractivity contribution in [1.82, 2.24) is 0 Å². The highest BCUT2D eigenvalue weighted by atomic mass is 35.5. The smallest absolute Gasteiger partial charge is 0.241 e. The third kappa shape index (κ3) is 4.38. The quantitative estimate of drug-likeness (QED) is 0.665. The van der Waals surface area contributed by atoms with Crippen LogP contribution in [0.3, 0.4) is 0 Å². The number of benzene rings is 1. The molecule has 0 aliphatic heterocycles. The first-order chi connectivity index (χ1) is 7.95. The second kappa shape index (κ2) is 6.05. The molecule has 0 amide bonds. The van der Waals surface area contributed by atoms with Crippen molar-refractivity contribution in [2.75, 3.05) is 0 Å². The fourth-order valence-electron chi connectivity index (χ4n) is 1.32. The Hall–Kier alpha value is -1.03. The molecule has 0 aromatic heterocycles. The van der Waals surface area contributed by atoms with Crippen LogP contribution in [0.4, 0.5) is 18.9 Å². The highest BCUT2D eigenvalue weighted by Crippen LogP contribution is 2.36. The molecule has 0 bridgehead atoms. The summed E-state index contributed by atoms with van der Waals surface area (Å²) in [5.41, 5.74) is -0.879. The minimum Gasteiger partial charge on any atom is -0.241 e. The van der Waals surface area contributed by atoms with Gasteiger partial charge in [-0.05, 0) is 18.6 Å². The molecule has 0 atom stereocenters. The highest BCUT2D eigenvalue weighted by molar-refractivity contribution is 6.65. The first kappa shape index (κ1) is 14.0. The summed E-state index contributed by atoms with van der Waals surface area (Å²) in [7, 11) is 0. The third-order valence-corrected chi connectivity index (χ3v) is 2.46. The molecule has 0 heterocycles. The molecule has 5 heteroatoms. The lowest BCUT2D eigenvalue weighted by molar-refractivity contribution is -0.137. The minimum atomic E-state index is -4.40. The number of rotatable bonds is 4. The van der Waals surface area contributed by atoms with E-state index in [0.29, 0.717) is 6.42 Å². The van der Waals surface area contributed by atoms with Gasteiger partial charge in [0.1, 0.15) is 5.17 Å². The molecule has 1 aromatic rings. The molecule has 0 fully saturated rings. The molecular formula is C12H13ClF3N. The van der Waals surface area contributed by atoms with Crippen LogP contribution in [0.5, 0.6) is 0 Å². The Labute approximate surface area is 103 Å². The Morgan fingerprint density at radius 2 is 1.94 bits per heavy atom. The van der Waals surface area contributed by atoms with Crippen molar-refractivity contribution in [1.29, 1.82) is 0 Å². The summed E-state index contributed by atoms with van der Waals surface area (Å²) in [6.45, 7) is 1.98. The number of hydrogen-bond donors (Lipinski definition) is 0. The number of hydrogen-bond acceptors (Lipinski definition) is 1. The SMILES string of the molecule is CCCCC(Cl)=Nc1ccccc1C(F)(F)F. The summed E-state index contributed by atoms with van der Waals surface area (Å²) in [4.78, 5) is 3.83. The van der Waals surface area contributed by atoms with Crippen molar-refractivity contribution >= 4 is 22.5 Å². The van der Waals surface area contributed by atoms with E-state index >= 15 is 0 Å². The van der Waals surface area contributed by atoms with Crippen LogP contribution in [0.15, 0.2) is 29.3 Å². The highest BCUT2D eigenvalue weighted by Gasteiger charge is 2.33. The van der Waals surface area contributed by atoms with Gasteiger partial charge >= 0.3 is 6.18 Å². The first-order valence-corrected chi connectivity index (χ1v) is 5.72. The van der Waals surface area contributed by atoms with Crippen LogP contribution in [0.2, 0.25) is 0 Å². The van der Waals surface area contributed by atoms with Gasteiger partial charge in [-0.2, -0.15) is 13.2 Å². The zero-order valence-electron chi connectivity index (χ0n) is 9.39. The number of alkyl halides is 3. The standard InChI is InChI=1S/C12H13ClF3N/c1-2-3-8-11(13)17-10-7-5-4-6-9(10)12(14,15)16/h4-7H,2-3,8H2,1H3. The molecule has 1 nitrogen and oxygen atoms in total. The number of nitrogens with zero attached hydrogens (tertiary/aromatic N) is 1. The van der Waals surface area contributed by atoms with E-state index < -0.39 is 11.7 Å². The van der Waals surface area contributed by atoms with Crippen LogP contribution in [-0.4, -0.2) is 5.17 Å². The van der Waals surface area contributed by atoms with Crippen molar-refractivity contribution in [3.63, 3.8) is 0 Å². The fraction of sp³-hybridized carbons (Fsp3) is 0.417. The molecule has 0 radical (unpaired) electrons. The van der Waals surface area contributed by atoms with Crippen LogP contribution in [0.25, 0.3) is 0 Å². The Kier molecular flexibility index (Phi) is 5.00. The molecule has 1 aromatic carbocycles. The van der Waals surface area contributed by atoms with E-state index in [1.54, 1.807) is 0 Å². The van der Waals surface area contributed by atoms with Gasteiger partial charge in [-0.1, -0.05) is 37.1 Å². The van der Waals surface area contributed by atoms with Crippen molar-refractivity contribution in [3.8, 4) is 0 Å². The maximum atomic E-state index is 12.6. The van der Waals surface area contributed by atoms with E-state index in [-0.39, 0.29) is 10.9 Å². The number of para-hydroxylation sites is 1. The van der Waals surface area contributed by atoms with E-state index in [1.807, 2.05) is 6.92 Å². The summed E-state index contributed by atoms with van der Waals surface area (Å²) in [6.07, 6.45) is -2.16. The Morgan fingerprint density at radius 1 is 1.29 bits per heavy atom. The van der Waals surface area contributed by atoms with E-state index in [2.05, 4.69) is 4.99 Å². The minimum absolute atomic E-state index is 0.124. The lowest BCUT2D eigenvalue weighted by Crippen LogP contribution is -2.05. The average molecular weight is 264 g/mol. The van der Waals surface area contributed by atoms with Crippen molar-refractivity contribution in [2.24, 2.45) is 4.99 Å². The van der Waals surface area contributed by atoms with E-state index in [4.69, 9.17) is 11.6 Å². The molecular weight excluding hydrogens is 251 g/mol. The molecule has 17 heavy (non-hydrogen) atoms. The predicted octanol–water partition coefficient (Wildman–Crippen LogP) is 5.16. The summed E-state index contributed by atoms with van der Waals surface area (Å²) in [5, 5.41) is 0.212. The fourth-order valence-corrected chi connectivity index (χ4v) is 1.54. The summed E-state index contributed by atoms with van der Waals surface area (Å²) >= 11 is 5.80. The van der Waals surface area contributed by atoms with Gasteiger partial charge in [0.15, 0.2) is 0 Å². The topological polar surface area (TPSA) is 12.4 Å². The first-order valence-electron chi connectivity index (χ1n) is 5.34. The molecule has 0 spiro atoms. The third-order valence-electron chi connectivity index (χ3n) is 2.19. The molecule has 0 unspecified atom stereocenters. The predicted molar refractivity (Wildman–Crippen MR) is 63.9 cm³/mol. The zero-order chi connectivity index (χ0) is 12.9. The maximum absolute atomic E-state index is 12.6. The Morgan fingerprint density at radius 3 is 2.53 bits per heavy atom. The Balaban J connectivity index is 2.98. The van der Waals surface area contributed by atoms with Crippen LogP contribution in [0.1, 0.15) is 31.7 Å². The maximum Gasteiger partial charge on any atom is 0.418 e. The van der Waals surface area contributed by atoms with Gasteiger partial charge < -0.3 is 0 Å². The molecule has 0 saturated heterocycles. The molecule has 0 aliphatic rings. The van der Waals surface area contributed by atoms with Crippen molar-refractivity contribution in [3.05, 3.63) is 29.8 Å². The Bertz CT molecular complexity index is 399. The normalized spacial score (nSPS) is 12.9. The van der Waals surface area contributed by atoms with Crippen LogP contribution in [-0.2, 0) is 6.18 Å². The van der Waals surface area contributed by atoms with Crippen LogP contribution in [0, 0.1) is 0 Å². The molecule has 0 N–H and O–H groups in total. The zero-order valence-corrected chi connectivity index (χ0v) is 10.1. The molecule has 94 valence electrons. The number of unbranched alkanes of at least 4 members (excludes halogenated alkanes) is 1. The van der Waals surface area contributed by atoms with Crippen molar-refractivity contribution < 1.29 is 13.2 Å². The summed E-state index contributed by atoms with van der Waals surface area (Å²) in [5.74, 6) is 0. The molecule has 0 saturated carbocycles. The van der Waals surface area contributed by atoms with E-state index in [0.717, 1.165) is 18.9 Å². The summed E-state index contributed by atoms with van der Waals surface area (Å²) < 4.78 is 37.9. The largest absolute Gasteiger partial charge is 0.418 e. The lowest BCUT2D eigenvalue weighted by Gasteiger charge is -2.09. The van der Waals surface area contributed by atoms with Gasteiger partial charge in [-0.15, -0.1) is 0 Å². The second-order valence-corrected chi connectivity index (χ2v) is 4.04. The van der Waals surface area contributed by atoms with Crippen LogP contribution >= 0.6 is 11.6 Å². The second-order valence-electron chi connectivity index (χ2n) is 3.61. The van der Waals surface area contributed by atoms with Gasteiger partial charge in [0.05, 0.1) is 11.3 Å². The van der Waals surface area contributed by atoms with E-state index in [9.17, 15) is 13.2 Å². The van der Waals surface area contributed by atoms with Crippen LogP contribution < -0.4 is 0 Å². The van der Waals surface area contributed by atoms with Gasteiger partial charge in [0.2, 0.25) is 0 Å². The molecule has 1 rings (SSSR count). The number of aliphatic imine (C=N–C) groups is 1. The van der Waals surface area contributed by atoms with Gasteiger partial charge in [0.25, 0.3) is 0 Å². The average Bonchev–Trinajstić information content (AvgIpc) is 2.25. The van der Waals surface area contributed by atoms with Gasteiger partial charge in [-0.25, -0.2) is 4.99 Å². The van der Waals surface area contributed by atoms with E-state index in [1.165, 1.54) is 18.2 Å². The monoisotopic (exact) mass is 263 g/mol. The lowest BCUT2D eigenvalue weighted by atomic mass is 10.2. The van der Waals surface area contributed by atoms with Crippen molar-refractivity contribution in [2.45, 2.75) is 32.4 Å². The summed E-state index contributed by atoms with van der Waals surface area (Å²) in [6, 6.07) is 5.17. The molecule has 0 aliphatic carbocycles. The van der Waals surface area contributed by atoms with Gasteiger partial charge in [0, 0.05) is 6.42 Å². The van der Waals surface area contributed by atoms with Gasteiger partial charge in [-0.3, -0.25) is 0 Å². The number of halogens is 4.